The van der Waals surface area contributed by atoms with Crippen molar-refractivity contribution < 1.29 is 9.59 Å². The second kappa shape index (κ2) is 7.68. The van der Waals surface area contributed by atoms with Crippen LogP contribution in [-0.4, -0.2) is 34.8 Å². The lowest BCUT2D eigenvalue weighted by atomic mass is 9.99. The largest absolute Gasteiger partial charge is 0.338 e. The third-order valence-corrected chi connectivity index (χ3v) is 4.81. The van der Waals surface area contributed by atoms with Crippen LogP contribution in [0, 0.1) is 19.8 Å². The fourth-order valence-corrected chi connectivity index (χ4v) is 3.38. The van der Waals surface area contributed by atoms with Crippen LogP contribution in [0.25, 0.3) is 0 Å². The van der Waals surface area contributed by atoms with Crippen LogP contribution in [0.3, 0.4) is 0 Å². The van der Waals surface area contributed by atoms with Crippen molar-refractivity contribution in [3.05, 3.63) is 58.9 Å². The number of likely N-dealkylation sites (tertiary alicyclic amines) is 1. The van der Waals surface area contributed by atoms with E-state index in [1.165, 1.54) is 6.20 Å². The van der Waals surface area contributed by atoms with Gasteiger partial charge in [0.05, 0.1) is 0 Å². The summed E-state index contributed by atoms with van der Waals surface area (Å²) in [7, 11) is 0. The van der Waals surface area contributed by atoms with Crippen molar-refractivity contribution in [1.29, 1.82) is 0 Å². The summed E-state index contributed by atoms with van der Waals surface area (Å²) in [4.78, 5) is 31.3. The van der Waals surface area contributed by atoms with Crippen LogP contribution in [0.1, 0.15) is 51.7 Å². The maximum absolute atomic E-state index is 12.7. The first kappa shape index (κ1) is 18.1. The number of aromatic nitrogens is 1. The van der Waals surface area contributed by atoms with Gasteiger partial charge < -0.3 is 10.2 Å². The molecule has 1 unspecified atom stereocenters. The van der Waals surface area contributed by atoms with Gasteiger partial charge in [-0.15, -0.1) is 0 Å². The number of hydrogen-bond donors (Lipinski definition) is 1. The number of pyridine rings is 1. The average Bonchev–Trinajstić information content (AvgIpc) is 2.63. The number of hydrogen-bond acceptors (Lipinski definition) is 3. The Hall–Kier alpha value is -2.69. The van der Waals surface area contributed by atoms with Crippen LogP contribution in [-0.2, 0) is 0 Å². The van der Waals surface area contributed by atoms with E-state index in [1.807, 2.05) is 36.9 Å². The van der Waals surface area contributed by atoms with Crippen molar-refractivity contribution in [3.63, 3.8) is 0 Å². The Labute approximate surface area is 154 Å². The second-order valence-corrected chi connectivity index (χ2v) is 7.20. The van der Waals surface area contributed by atoms with E-state index < -0.39 is 0 Å². The monoisotopic (exact) mass is 351 g/mol. The van der Waals surface area contributed by atoms with Crippen LogP contribution in [0.15, 0.2) is 36.5 Å². The Bertz CT molecular complexity index is 832. The Morgan fingerprint density at radius 3 is 2.73 bits per heavy atom. The average molecular weight is 351 g/mol. The molecule has 1 aromatic heterocycles. The maximum atomic E-state index is 12.7. The molecule has 0 aliphatic carbocycles. The first-order valence-electron chi connectivity index (χ1n) is 9.08. The van der Waals surface area contributed by atoms with Crippen LogP contribution in [0.2, 0.25) is 0 Å². The highest BCUT2D eigenvalue weighted by Gasteiger charge is 2.23. The molecule has 3 rings (SSSR count). The van der Waals surface area contributed by atoms with E-state index in [2.05, 4.69) is 17.2 Å². The number of carbonyl (C=O) groups excluding carboxylic acids is 2. The van der Waals surface area contributed by atoms with Crippen molar-refractivity contribution in [1.82, 2.24) is 9.88 Å². The molecule has 0 spiro atoms. The van der Waals surface area contributed by atoms with Crippen molar-refractivity contribution in [3.8, 4) is 0 Å². The molecule has 5 nitrogen and oxygen atoms in total. The minimum absolute atomic E-state index is 0.0282. The second-order valence-electron chi connectivity index (χ2n) is 7.20. The normalized spacial score (nSPS) is 17.0. The van der Waals surface area contributed by atoms with Crippen molar-refractivity contribution in [2.75, 3.05) is 18.4 Å². The highest BCUT2D eigenvalue weighted by atomic mass is 16.2. The predicted molar refractivity (Wildman–Crippen MR) is 102 cm³/mol. The zero-order valence-corrected chi connectivity index (χ0v) is 15.6. The summed E-state index contributed by atoms with van der Waals surface area (Å²) in [6.45, 7) is 7.67. The van der Waals surface area contributed by atoms with Crippen LogP contribution in [0.5, 0.6) is 0 Å². The van der Waals surface area contributed by atoms with E-state index in [-0.39, 0.29) is 17.5 Å². The molecule has 5 heteroatoms. The maximum Gasteiger partial charge on any atom is 0.274 e. The van der Waals surface area contributed by atoms with Crippen molar-refractivity contribution >= 4 is 17.5 Å². The molecule has 2 amide bonds. The minimum Gasteiger partial charge on any atom is -0.338 e. The van der Waals surface area contributed by atoms with E-state index in [9.17, 15) is 9.59 Å². The number of carbonyl (C=O) groups is 2. The van der Waals surface area contributed by atoms with E-state index in [0.717, 1.165) is 42.7 Å². The van der Waals surface area contributed by atoms with E-state index >= 15 is 0 Å². The number of piperidine rings is 1. The van der Waals surface area contributed by atoms with Gasteiger partial charge in [-0.2, -0.15) is 0 Å². The molecule has 0 saturated carbocycles. The molecular formula is C21H25N3O2. The molecule has 1 atom stereocenters. The number of amides is 2. The zero-order valence-electron chi connectivity index (χ0n) is 15.6. The van der Waals surface area contributed by atoms with Crippen molar-refractivity contribution in [2.24, 2.45) is 5.92 Å². The summed E-state index contributed by atoms with van der Waals surface area (Å²) < 4.78 is 0. The summed E-state index contributed by atoms with van der Waals surface area (Å²) in [6.07, 6.45) is 3.71. The molecule has 1 fully saturated rings. The Balaban J connectivity index is 1.75. The molecule has 1 aliphatic heterocycles. The van der Waals surface area contributed by atoms with Gasteiger partial charge in [0, 0.05) is 30.5 Å². The van der Waals surface area contributed by atoms with Gasteiger partial charge in [-0.1, -0.05) is 24.6 Å². The summed E-state index contributed by atoms with van der Waals surface area (Å²) in [5.74, 6) is 0.181. The third kappa shape index (κ3) is 4.10. The van der Waals surface area contributed by atoms with Gasteiger partial charge in [-0.05, 0) is 56.4 Å². The van der Waals surface area contributed by atoms with Gasteiger partial charge in [-0.3, -0.25) is 14.6 Å². The molecule has 26 heavy (non-hydrogen) atoms. The third-order valence-electron chi connectivity index (χ3n) is 4.81. The molecule has 1 aliphatic rings. The standard InChI is InChI=1S/C21H25N3O2/c1-14-6-7-18(16(3)11-14)23-20(25)19-12-17(8-9-22-19)21(26)24-10-4-5-15(2)13-24/h6-9,11-12,15H,4-5,10,13H2,1-3H3,(H,23,25). The number of nitrogens with zero attached hydrogens (tertiary/aromatic N) is 2. The molecular weight excluding hydrogens is 326 g/mol. The Morgan fingerprint density at radius 2 is 2.00 bits per heavy atom. The van der Waals surface area contributed by atoms with Gasteiger partial charge in [0.15, 0.2) is 0 Å². The Kier molecular flexibility index (Phi) is 5.35. The minimum atomic E-state index is -0.307. The van der Waals surface area contributed by atoms with Crippen molar-refractivity contribution in [2.45, 2.75) is 33.6 Å². The lowest BCUT2D eigenvalue weighted by molar-refractivity contribution is 0.0683. The van der Waals surface area contributed by atoms with Gasteiger partial charge >= 0.3 is 0 Å². The number of nitrogens with one attached hydrogen (secondary N) is 1. The molecule has 0 radical (unpaired) electrons. The fraction of sp³-hybridized carbons (Fsp3) is 0.381. The smallest absolute Gasteiger partial charge is 0.274 e. The first-order valence-corrected chi connectivity index (χ1v) is 9.08. The number of benzene rings is 1. The predicted octanol–water partition coefficient (Wildman–Crippen LogP) is 3.82. The zero-order chi connectivity index (χ0) is 18.7. The summed E-state index contributed by atoms with van der Waals surface area (Å²) in [5.41, 5.74) is 3.65. The van der Waals surface area contributed by atoms with Crippen LogP contribution in [0.4, 0.5) is 5.69 Å². The highest BCUT2D eigenvalue weighted by Crippen LogP contribution is 2.19. The summed E-state index contributed by atoms with van der Waals surface area (Å²) in [5, 5.41) is 2.88. The van der Waals surface area contributed by atoms with Crippen LogP contribution >= 0.6 is 0 Å². The fourth-order valence-electron chi connectivity index (χ4n) is 3.38. The topological polar surface area (TPSA) is 62.3 Å². The SMILES string of the molecule is Cc1ccc(NC(=O)c2cc(C(=O)N3CCCC(C)C3)ccn2)c(C)c1. The molecule has 1 aromatic carbocycles. The van der Waals surface area contributed by atoms with Gasteiger partial charge in [0.25, 0.3) is 11.8 Å². The lowest BCUT2D eigenvalue weighted by Crippen LogP contribution is -2.39. The van der Waals surface area contributed by atoms with Gasteiger partial charge in [-0.25, -0.2) is 0 Å². The summed E-state index contributed by atoms with van der Waals surface area (Å²) in [6, 6.07) is 9.11. The quantitative estimate of drug-likeness (QED) is 0.914. The lowest BCUT2D eigenvalue weighted by Gasteiger charge is -2.31. The number of rotatable bonds is 3. The molecule has 0 bridgehead atoms. The molecule has 1 N–H and O–H groups in total. The van der Waals surface area contributed by atoms with Crippen LogP contribution < -0.4 is 5.32 Å². The Morgan fingerprint density at radius 1 is 1.19 bits per heavy atom. The summed E-state index contributed by atoms with van der Waals surface area (Å²) >= 11 is 0. The molecule has 1 saturated heterocycles. The number of aryl methyl sites for hydroxylation is 2. The first-order chi connectivity index (χ1) is 12.4. The van der Waals surface area contributed by atoms with E-state index in [4.69, 9.17) is 0 Å². The molecule has 2 heterocycles. The van der Waals surface area contributed by atoms with E-state index in [1.54, 1.807) is 12.1 Å². The van der Waals surface area contributed by atoms with Gasteiger partial charge in [0.2, 0.25) is 0 Å². The van der Waals surface area contributed by atoms with Gasteiger partial charge in [0.1, 0.15) is 5.69 Å². The molecule has 136 valence electrons. The highest BCUT2D eigenvalue weighted by molar-refractivity contribution is 6.05. The number of anilines is 1. The van der Waals surface area contributed by atoms with E-state index in [0.29, 0.717) is 11.5 Å². The molecule has 2 aromatic rings.